The van der Waals surface area contributed by atoms with E-state index in [9.17, 15) is 9.59 Å². The van der Waals surface area contributed by atoms with Crippen molar-refractivity contribution in [3.05, 3.63) is 53.7 Å². The van der Waals surface area contributed by atoms with E-state index in [0.717, 1.165) is 84.3 Å². The average Bonchev–Trinajstić information content (AvgIpc) is 3.80. The number of rotatable bonds is 5. The summed E-state index contributed by atoms with van der Waals surface area (Å²) in [6.07, 6.45) is 4.71. The van der Waals surface area contributed by atoms with Gasteiger partial charge in [-0.2, -0.15) is 5.10 Å². The third-order valence-electron chi connectivity index (χ3n) is 8.42. The smallest absolute Gasteiger partial charge is 0.256 e. The van der Waals surface area contributed by atoms with Crippen LogP contribution in [0, 0.1) is 18.8 Å². The molecule has 1 aromatic heterocycles. The summed E-state index contributed by atoms with van der Waals surface area (Å²) < 4.78 is 1.92. The first-order valence-electron chi connectivity index (χ1n) is 13.2. The van der Waals surface area contributed by atoms with Crippen LogP contribution in [0.3, 0.4) is 0 Å². The normalized spacial score (nSPS) is 22.7. The second-order valence-corrected chi connectivity index (χ2v) is 11.1. The molecule has 7 heteroatoms. The van der Waals surface area contributed by atoms with Crippen molar-refractivity contribution in [1.82, 2.24) is 19.6 Å². The molecule has 1 unspecified atom stereocenters. The van der Waals surface area contributed by atoms with Crippen molar-refractivity contribution in [2.45, 2.75) is 44.6 Å². The van der Waals surface area contributed by atoms with Crippen LogP contribution in [-0.4, -0.2) is 62.4 Å². The van der Waals surface area contributed by atoms with E-state index in [1.54, 1.807) is 0 Å². The van der Waals surface area contributed by atoms with Crippen LogP contribution in [-0.2, 0) is 16.6 Å². The van der Waals surface area contributed by atoms with E-state index in [1.165, 1.54) is 0 Å². The molecule has 4 aliphatic rings. The van der Waals surface area contributed by atoms with Gasteiger partial charge in [0.1, 0.15) is 11.4 Å². The Kier molecular flexibility index (Phi) is 4.69. The number of aromatic nitrogens is 2. The van der Waals surface area contributed by atoms with Crippen molar-refractivity contribution in [3.63, 3.8) is 0 Å². The number of aliphatic imine (C=N–C) groups is 1. The van der Waals surface area contributed by atoms with E-state index < -0.39 is 5.54 Å². The van der Waals surface area contributed by atoms with E-state index in [2.05, 4.69) is 47.6 Å². The number of carbonyl (C=O) groups is 2. The Hall–Kier alpha value is -3.48. The number of benzene rings is 2. The lowest BCUT2D eigenvalue weighted by atomic mass is 10.0. The quantitative estimate of drug-likeness (QED) is 0.555. The maximum Gasteiger partial charge on any atom is 0.256 e. The first kappa shape index (κ1) is 21.8. The molecule has 1 saturated heterocycles. The first-order valence-corrected chi connectivity index (χ1v) is 13.2. The Morgan fingerprint density at radius 2 is 1.75 bits per heavy atom. The number of amidine groups is 1. The van der Waals surface area contributed by atoms with Gasteiger partial charge in [-0.1, -0.05) is 30.3 Å². The Labute approximate surface area is 210 Å². The Balaban J connectivity index is 1.13. The van der Waals surface area contributed by atoms with Crippen LogP contribution < -0.4 is 0 Å². The Morgan fingerprint density at radius 1 is 1.03 bits per heavy atom. The van der Waals surface area contributed by atoms with Crippen molar-refractivity contribution >= 4 is 28.6 Å². The van der Waals surface area contributed by atoms with Gasteiger partial charge in [-0.05, 0) is 68.2 Å². The van der Waals surface area contributed by atoms with Crippen LogP contribution >= 0.6 is 0 Å². The first-order chi connectivity index (χ1) is 17.4. The van der Waals surface area contributed by atoms with Crippen molar-refractivity contribution < 1.29 is 9.59 Å². The standard InChI is InChI=1S/C29H31N5O2/c1-18-24-15-23(9-10-25(24)32(2)31-18)20-3-5-21(6-4-20)26-30-29(12-13-29)28(36)34(26)17-19-11-14-33(16-19)27(35)22-7-8-22/h3-6,9-10,15,19,22H,7-8,11-14,16-17H2,1-2H3. The number of carbonyl (C=O) groups excluding carboxylic acids is 2. The zero-order valence-corrected chi connectivity index (χ0v) is 20.9. The lowest BCUT2D eigenvalue weighted by molar-refractivity contribution is -0.131. The van der Waals surface area contributed by atoms with Crippen molar-refractivity contribution in [3.8, 4) is 11.1 Å². The molecule has 1 spiro atoms. The fourth-order valence-corrected chi connectivity index (χ4v) is 5.95. The summed E-state index contributed by atoms with van der Waals surface area (Å²) >= 11 is 0. The Bertz CT molecular complexity index is 1430. The number of hydrogen-bond acceptors (Lipinski definition) is 4. The van der Waals surface area contributed by atoms with Crippen LogP contribution in [0.2, 0.25) is 0 Å². The van der Waals surface area contributed by atoms with Crippen molar-refractivity contribution in [2.75, 3.05) is 19.6 Å². The summed E-state index contributed by atoms with van der Waals surface area (Å²) in [7, 11) is 1.97. The second-order valence-electron chi connectivity index (χ2n) is 11.1. The number of fused-ring (bicyclic) bond motifs is 1. The zero-order chi connectivity index (χ0) is 24.6. The van der Waals surface area contributed by atoms with Crippen molar-refractivity contribution in [1.29, 1.82) is 0 Å². The minimum atomic E-state index is -0.529. The van der Waals surface area contributed by atoms with E-state index in [1.807, 2.05) is 28.5 Å². The van der Waals surface area contributed by atoms with Crippen LogP contribution in [0.5, 0.6) is 0 Å². The van der Waals surface area contributed by atoms with Gasteiger partial charge in [0.15, 0.2) is 0 Å². The maximum atomic E-state index is 13.4. The van der Waals surface area contributed by atoms with Crippen LogP contribution in [0.25, 0.3) is 22.0 Å². The second kappa shape index (κ2) is 7.76. The fourth-order valence-electron chi connectivity index (χ4n) is 5.95. The molecule has 7 rings (SSSR count). The van der Waals surface area contributed by atoms with Crippen LogP contribution in [0.15, 0.2) is 47.5 Å². The monoisotopic (exact) mass is 481 g/mol. The number of likely N-dealkylation sites (tertiary alicyclic amines) is 1. The highest BCUT2D eigenvalue weighted by Gasteiger charge is 2.57. The number of nitrogens with zero attached hydrogens (tertiary/aromatic N) is 5. The number of hydrogen-bond donors (Lipinski definition) is 0. The molecule has 3 fully saturated rings. The van der Waals surface area contributed by atoms with Crippen molar-refractivity contribution in [2.24, 2.45) is 23.9 Å². The molecule has 184 valence electrons. The molecular weight excluding hydrogens is 450 g/mol. The molecule has 1 atom stereocenters. The molecule has 2 aliphatic heterocycles. The summed E-state index contributed by atoms with van der Waals surface area (Å²) in [4.78, 5) is 34.8. The van der Waals surface area contributed by atoms with Gasteiger partial charge in [0.05, 0.1) is 11.2 Å². The van der Waals surface area contributed by atoms with Gasteiger partial charge in [-0.3, -0.25) is 24.2 Å². The summed E-state index contributed by atoms with van der Waals surface area (Å²) in [6, 6.07) is 14.9. The molecule has 0 N–H and O–H groups in total. The third-order valence-corrected chi connectivity index (χ3v) is 8.42. The lowest BCUT2D eigenvalue weighted by Gasteiger charge is -2.23. The summed E-state index contributed by atoms with van der Waals surface area (Å²) in [6.45, 7) is 4.26. The predicted molar refractivity (Wildman–Crippen MR) is 139 cm³/mol. The van der Waals surface area contributed by atoms with Gasteiger partial charge in [-0.15, -0.1) is 0 Å². The molecule has 0 bridgehead atoms. The SMILES string of the molecule is Cc1nn(C)c2ccc(-c3ccc(C4=NC5(CC5)C(=O)N4CC4CCN(C(=O)C5CC5)C4)cc3)cc12. The highest BCUT2D eigenvalue weighted by molar-refractivity contribution is 6.16. The molecule has 3 heterocycles. The molecule has 2 saturated carbocycles. The largest absolute Gasteiger partial charge is 0.342 e. The van der Waals surface area contributed by atoms with E-state index >= 15 is 0 Å². The van der Waals surface area contributed by atoms with Crippen LogP contribution in [0.4, 0.5) is 0 Å². The maximum absolute atomic E-state index is 13.4. The average molecular weight is 482 g/mol. The Morgan fingerprint density at radius 3 is 2.47 bits per heavy atom. The fraction of sp³-hybridized carbons (Fsp3) is 0.448. The van der Waals surface area contributed by atoms with Gasteiger partial charge in [0.2, 0.25) is 5.91 Å². The third kappa shape index (κ3) is 3.47. The summed E-state index contributed by atoms with van der Waals surface area (Å²) in [5.41, 5.74) is 4.89. The van der Waals surface area contributed by atoms with Crippen LogP contribution in [0.1, 0.15) is 43.4 Å². The minimum absolute atomic E-state index is 0.144. The molecular formula is C29H31N5O2. The number of aryl methyl sites for hydroxylation is 2. The van der Waals surface area contributed by atoms with E-state index in [-0.39, 0.29) is 11.8 Å². The molecule has 7 nitrogen and oxygen atoms in total. The predicted octanol–water partition coefficient (Wildman–Crippen LogP) is 3.93. The molecule has 36 heavy (non-hydrogen) atoms. The van der Waals surface area contributed by atoms with Gasteiger partial charge in [0, 0.05) is 43.5 Å². The lowest BCUT2D eigenvalue weighted by Crippen LogP contribution is -2.40. The molecule has 2 aliphatic carbocycles. The number of amides is 2. The van der Waals surface area contributed by atoms with Gasteiger partial charge >= 0.3 is 0 Å². The highest BCUT2D eigenvalue weighted by Crippen LogP contribution is 2.46. The summed E-state index contributed by atoms with van der Waals surface area (Å²) in [5.74, 6) is 1.82. The van der Waals surface area contributed by atoms with Gasteiger partial charge in [-0.25, -0.2) is 0 Å². The summed E-state index contributed by atoms with van der Waals surface area (Å²) in [5, 5.41) is 5.70. The zero-order valence-electron chi connectivity index (χ0n) is 20.9. The molecule has 2 amide bonds. The molecule has 2 aromatic carbocycles. The highest BCUT2D eigenvalue weighted by atomic mass is 16.2. The minimum Gasteiger partial charge on any atom is -0.342 e. The molecule has 3 aromatic rings. The van der Waals surface area contributed by atoms with Gasteiger partial charge < -0.3 is 4.90 Å². The van der Waals surface area contributed by atoms with E-state index in [0.29, 0.717) is 18.4 Å². The van der Waals surface area contributed by atoms with Gasteiger partial charge in [0.25, 0.3) is 5.91 Å². The molecule has 0 radical (unpaired) electrons. The van der Waals surface area contributed by atoms with E-state index in [4.69, 9.17) is 4.99 Å². The topological polar surface area (TPSA) is 70.8 Å².